The van der Waals surface area contributed by atoms with Gasteiger partial charge in [0.05, 0.1) is 11.4 Å². The van der Waals surface area contributed by atoms with E-state index < -0.39 is 0 Å². The summed E-state index contributed by atoms with van der Waals surface area (Å²) < 4.78 is 0. The lowest BCUT2D eigenvalue weighted by molar-refractivity contribution is -0.116. The maximum Gasteiger partial charge on any atom is 0.249 e. The highest BCUT2D eigenvalue weighted by Crippen LogP contribution is 2.08. The molecular weight excluding hydrogens is 242 g/mol. The van der Waals surface area contributed by atoms with Crippen molar-refractivity contribution in [2.45, 2.75) is 46.5 Å². The molecule has 0 spiro atoms. The number of rotatable bonds is 7. The Bertz CT molecular complexity index is 421. The third-order valence-electron chi connectivity index (χ3n) is 3.03. The van der Waals surface area contributed by atoms with Crippen LogP contribution in [0.2, 0.25) is 0 Å². The molecule has 0 aliphatic rings. The Labute approximate surface area is 114 Å². The van der Waals surface area contributed by atoms with E-state index in [-0.39, 0.29) is 5.91 Å². The average molecular weight is 265 g/mol. The standard InChI is InChI=1S/C13H23N5O/c1-4-10-11(5-2)17-18-13(15-10)16-12(19)7-6-9(3)8-14/h9H,4-8,14H2,1-3H3,(H,15,16,18,19). The van der Waals surface area contributed by atoms with Gasteiger partial charge < -0.3 is 5.73 Å². The minimum absolute atomic E-state index is 0.0894. The topological polar surface area (TPSA) is 93.8 Å². The predicted molar refractivity (Wildman–Crippen MR) is 74.7 cm³/mol. The van der Waals surface area contributed by atoms with Crippen molar-refractivity contribution in [2.24, 2.45) is 11.7 Å². The number of nitrogens with one attached hydrogen (secondary N) is 1. The van der Waals surface area contributed by atoms with Crippen molar-refractivity contribution >= 4 is 11.9 Å². The molecule has 0 fully saturated rings. The molecule has 6 heteroatoms. The number of nitrogens with zero attached hydrogens (tertiary/aromatic N) is 3. The summed E-state index contributed by atoms with van der Waals surface area (Å²) in [5, 5.41) is 10.7. The van der Waals surface area contributed by atoms with Crippen LogP contribution in [-0.2, 0) is 17.6 Å². The summed E-state index contributed by atoms with van der Waals surface area (Å²) in [6, 6.07) is 0. The summed E-state index contributed by atoms with van der Waals surface area (Å²) in [6.45, 7) is 6.64. The van der Waals surface area contributed by atoms with Gasteiger partial charge in [0.2, 0.25) is 11.9 Å². The molecule has 0 saturated heterocycles. The molecule has 0 saturated carbocycles. The minimum atomic E-state index is -0.0894. The minimum Gasteiger partial charge on any atom is -0.330 e. The van der Waals surface area contributed by atoms with Crippen LogP contribution in [0.1, 0.15) is 45.0 Å². The number of aromatic nitrogens is 3. The van der Waals surface area contributed by atoms with Crippen LogP contribution in [0.3, 0.4) is 0 Å². The highest BCUT2D eigenvalue weighted by atomic mass is 16.1. The molecule has 106 valence electrons. The molecule has 0 aromatic carbocycles. The number of hydrogen-bond acceptors (Lipinski definition) is 5. The molecule has 0 aliphatic carbocycles. The van der Waals surface area contributed by atoms with Crippen LogP contribution in [0.4, 0.5) is 5.95 Å². The van der Waals surface area contributed by atoms with E-state index in [1.54, 1.807) is 0 Å². The van der Waals surface area contributed by atoms with E-state index in [0.717, 1.165) is 30.7 Å². The lowest BCUT2D eigenvalue weighted by Crippen LogP contribution is -2.18. The number of carbonyl (C=O) groups is 1. The fourth-order valence-electron chi connectivity index (χ4n) is 1.67. The summed E-state index contributed by atoms with van der Waals surface area (Å²) in [7, 11) is 0. The molecular formula is C13H23N5O. The SMILES string of the molecule is CCc1nnc(NC(=O)CCC(C)CN)nc1CC. The normalized spacial score (nSPS) is 12.2. The monoisotopic (exact) mass is 265 g/mol. The maximum atomic E-state index is 11.7. The number of nitrogens with two attached hydrogens (primary N) is 1. The summed E-state index contributed by atoms with van der Waals surface area (Å²) in [4.78, 5) is 16.0. The first-order valence-corrected chi connectivity index (χ1v) is 6.83. The second-order valence-electron chi connectivity index (χ2n) is 4.66. The molecule has 1 unspecified atom stereocenters. The van der Waals surface area contributed by atoms with E-state index in [1.807, 2.05) is 20.8 Å². The Balaban J connectivity index is 2.59. The smallest absolute Gasteiger partial charge is 0.249 e. The van der Waals surface area contributed by atoms with Crippen LogP contribution < -0.4 is 11.1 Å². The quantitative estimate of drug-likeness (QED) is 0.775. The van der Waals surface area contributed by atoms with Crippen molar-refractivity contribution in [2.75, 3.05) is 11.9 Å². The van der Waals surface area contributed by atoms with Gasteiger partial charge in [-0.25, -0.2) is 4.98 Å². The third kappa shape index (κ3) is 4.90. The van der Waals surface area contributed by atoms with Crippen LogP contribution in [0.25, 0.3) is 0 Å². The van der Waals surface area contributed by atoms with Gasteiger partial charge in [0, 0.05) is 6.42 Å². The molecule has 1 rings (SSSR count). The fraction of sp³-hybridized carbons (Fsp3) is 0.692. The maximum absolute atomic E-state index is 11.7. The molecule has 0 bridgehead atoms. The van der Waals surface area contributed by atoms with Crippen LogP contribution in [-0.4, -0.2) is 27.6 Å². The third-order valence-corrected chi connectivity index (χ3v) is 3.03. The van der Waals surface area contributed by atoms with Crippen molar-refractivity contribution in [1.29, 1.82) is 0 Å². The molecule has 0 radical (unpaired) electrons. The first kappa shape index (κ1) is 15.5. The molecule has 1 heterocycles. The largest absolute Gasteiger partial charge is 0.330 e. The molecule has 6 nitrogen and oxygen atoms in total. The molecule has 1 amide bonds. The number of carbonyl (C=O) groups excluding carboxylic acids is 1. The fourth-order valence-corrected chi connectivity index (χ4v) is 1.67. The van der Waals surface area contributed by atoms with Crippen LogP contribution in [0, 0.1) is 5.92 Å². The zero-order chi connectivity index (χ0) is 14.3. The average Bonchev–Trinajstić information content (AvgIpc) is 2.44. The Hall–Kier alpha value is -1.56. The van der Waals surface area contributed by atoms with Gasteiger partial charge in [0.1, 0.15) is 0 Å². The van der Waals surface area contributed by atoms with E-state index in [2.05, 4.69) is 20.5 Å². The van der Waals surface area contributed by atoms with Crippen LogP contribution >= 0.6 is 0 Å². The Morgan fingerprint density at radius 3 is 2.53 bits per heavy atom. The van der Waals surface area contributed by atoms with Crippen molar-refractivity contribution in [3.63, 3.8) is 0 Å². The predicted octanol–water partition coefficient (Wildman–Crippen LogP) is 1.31. The van der Waals surface area contributed by atoms with Crippen molar-refractivity contribution in [1.82, 2.24) is 15.2 Å². The second-order valence-corrected chi connectivity index (χ2v) is 4.66. The molecule has 1 atom stereocenters. The van der Waals surface area contributed by atoms with Crippen LogP contribution in [0.15, 0.2) is 0 Å². The van der Waals surface area contributed by atoms with E-state index in [1.165, 1.54) is 0 Å². The van der Waals surface area contributed by atoms with Gasteiger partial charge in [0.25, 0.3) is 0 Å². The van der Waals surface area contributed by atoms with Gasteiger partial charge in [-0.15, -0.1) is 10.2 Å². The Kier molecular flexibility index (Phi) is 6.35. The summed E-state index contributed by atoms with van der Waals surface area (Å²) in [5.74, 6) is 0.548. The van der Waals surface area contributed by atoms with Gasteiger partial charge in [0.15, 0.2) is 0 Å². The first-order chi connectivity index (χ1) is 9.10. The zero-order valence-corrected chi connectivity index (χ0v) is 11.9. The Morgan fingerprint density at radius 2 is 1.95 bits per heavy atom. The first-order valence-electron chi connectivity index (χ1n) is 6.83. The van der Waals surface area contributed by atoms with E-state index in [0.29, 0.717) is 24.8 Å². The van der Waals surface area contributed by atoms with Crippen molar-refractivity contribution in [3.05, 3.63) is 11.4 Å². The lowest BCUT2D eigenvalue weighted by atomic mass is 10.1. The van der Waals surface area contributed by atoms with Crippen molar-refractivity contribution in [3.8, 4) is 0 Å². The van der Waals surface area contributed by atoms with Gasteiger partial charge >= 0.3 is 0 Å². The number of aryl methyl sites for hydroxylation is 2. The van der Waals surface area contributed by atoms with Crippen molar-refractivity contribution < 1.29 is 4.79 Å². The van der Waals surface area contributed by atoms with E-state index in [9.17, 15) is 4.79 Å². The highest BCUT2D eigenvalue weighted by molar-refractivity contribution is 5.88. The van der Waals surface area contributed by atoms with Gasteiger partial charge in [-0.3, -0.25) is 10.1 Å². The molecule has 3 N–H and O–H groups in total. The van der Waals surface area contributed by atoms with Crippen LogP contribution in [0.5, 0.6) is 0 Å². The second kappa shape index (κ2) is 7.78. The van der Waals surface area contributed by atoms with E-state index >= 15 is 0 Å². The van der Waals surface area contributed by atoms with Gasteiger partial charge in [-0.2, -0.15) is 0 Å². The Morgan fingerprint density at radius 1 is 1.26 bits per heavy atom. The van der Waals surface area contributed by atoms with Gasteiger partial charge in [-0.1, -0.05) is 20.8 Å². The number of anilines is 1. The highest BCUT2D eigenvalue weighted by Gasteiger charge is 2.10. The number of amides is 1. The molecule has 1 aromatic heterocycles. The van der Waals surface area contributed by atoms with E-state index in [4.69, 9.17) is 5.73 Å². The number of hydrogen-bond donors (Lipinski definition) is 2. The zero-order valence-electron chi connectivity index (χ0n) is 11.9. The summed E-state index contributed by atoms with van der Waals surface area (Å²) in [5.41, 5.74) is 7.29. The van der Waals surface area contributed by atoms with Gasteiger partial charge in [-0.05, 0) is 31.7 Å². The molecule has 0 aliphatic heterocycles. The molecule has 19 heavy (non-hydrogen) atoms. The summed E-state index contributed by atoms with van der Waals surface area (Å²) in [6.07, 6.45) is 2.78. The molecule has 1 aromatic rings. The summed E-state index contributed by atoms with van der Waals surface area (Å²) >= 11 is 0. The lowest BCUT2D eigenvalue weighted by Gasteiger charge is -2.09.